The lowest BCUT2D eigenvalue weighted by Crippen LogP contribution is -2.10. The highest BCUT2D eigenvalue weighted by Gasteiger charge is 2.31. The summed E-state index contributed by atoms with van der Waals surface area (Å²) in [6.45, 7) is 9.22. The van der Waals surface area contributed by atoms with Crippen molar-refractivity contribution in [2.45, 2.75) is 51.9 Å². The fraction of sp³-hybridized carbons (Fsp3) is 0.265. The molecule has 180 valence electrons. The number of hydrogen-bond acceptors (Lipinski definition) is 1. The highest BCUT2D eigenvalue weighted by molar-refractivity contribution is 5.79. The Morgan fingerprint density at radius 2 is 1.53 bits per heavy atom. The first-order chi connectivity index (χ1) is 17.5. The molecule has 1 aromatic heterocycles. The third-order valence-corrected chi connectivity index (χ3v) is 7.87. The SMILES string of the molecule is CC(C)c1cc(C2=CC3c4ccccc4CC3C=C2)cc(C(C)C)c1-n1ccnc1-c1ccccc1. The zero-order valence-corrected chi connectivity index (χ0v) is 21.6. The van der Waals surface area contributed by atoms with Crippen molar-refractivity contribution in [3.8, 4) is 17.1 Å². The van der Waals surface area contributed by atoms with Crippen LogP contribution in [0.4, 0.5) is 0 Å². The summed E-state index contributed by atoms with van der Waals surface area (Å²) in [7, 11) is 0. The maximum atomic E-state index is 4.77. The highest BCUT2D eigenvalue weighted by Crippen LogP contribution is 2.45. The van der Waals surface area contributed by atoms with Gasteiger partial charge in [0.05, 0.1) is 5.69 Å². The van der Waals surface area contributed by atoms with Crippen LogP contribution in [0, 0.1) is 5.92 Å². The molecule has 0 amide bonds. The second-order valence-electron chi connectivity index (χ2n) is 10.9. The average molecular weight is 471 g/mol. The van der Waals surface area contributed by atoms with Crippen molar-refractivity contribution in [3.05, 3.63) is 125 Å². The molecule has 6 rings (SSSR count). The van der Waals surface area contributed by atoms with Crippen LogP contribution in [0.25, 0.3) is 22.6 Å². The summed E-state index contributed by atoms with van der Waals surface area (Å²) in [6.07, 6.45) is 12.5. The topological polar surface area (TPSA) is 17.8 Å². The van der Waals surface area contributed by atoms with E-state index in [1.165, 1.54) is 39.1 Å². The fourth-order valence-corrected chi connectivity index (χ4v) is 6.02. The number of hydrogen-bond donors (Lipinski definition) is 0. The smallest absolute Gasteiger partial charge is 0.144 e. The molecule has 3 aromatic carbocycles. The Kier molecular flexibility index (Phi) is 5.76. The maximum absolute atomic E-state index is 4.77. The van der Waals surface area contributed by atoms with E-state index < -0.39 is 0 Å². The van der Waals surface area contributed by atoms with E-state index in [1.807, 2.05) is 6.20 Å². The standard InChI is InChI=1S/C34H34N2/c1-22(2)30-20-28(25-14-15-27-18-26-12-8-9-13-29(26)32(27)19-25)21-31(23(3)4)33(30)36-17-16-35-34(36)24-10-6-5-7-11-24/h5-17,19-23,27,32H,18H2,1-4H3. The fourth-order valence-electron chi connectivity index (χ4n) is 6.02. The second-order valence-corrected chi connectivity index (χ2v) is 10.9. The molecule has 0 radical (unpaired) electrons. The van der Waals surface area contributed by atoms with Crippen LogP contribution >= 0.6 is 0 Å². The van der Waals surface area contributed by atoms with Gasteiger partial charge in [0.2, 0.25) is 0 Å². The van der Waals surface area contributed by atoms with Gasteiger partial charge < -0.3 is 0 Å². The van der Waals surface area contributed by atoms with Gasteiger partial charge in [0.25, 0.3) is 0 Å². The van der Waals surface area contributed by atoms with Crippen LogP contribution in [0.5, 0.6) is 0 Å². The molecule has 2 aliphatic carbocycles. The average Bonchev–Trinajstić information content (AvgIpc) is 3.53. The molecule has 0 N–H and O–H groups in total. The van der Waals surface area contributed by atoms with Gasteiger partial charge in [-0.2, -0.15) is 0 Å². The Hall–Kier alpha value is -3.65. The van der Waals surface area contributed by atoms with Gasteiger partial charge in [-0.15, -0.1) is 0 Å². The minimum absolute atomic E-state index is 0.386. The van der Waals surface area contributed by atoms with Crippen molar-refractivity contribution in [1.82, 2.24) is 9.55 Å². The lowest BCUT2D eigenvalue weighted by molar-refractivity contribution is 0.632. The molecule has 2 aliphatic rings. The Labute approximate surface area is 215 Å². The third-order valence-electron chi connectivity index (χ3n) is 7.87. The van der Waals surface area contributed by atoms with Gasteiger partial charge in [-0.3, -0.25) is 4.57 Å². The van der Waals surface area contributed by atoms with Crippen molar-refractivity contribution >= 4 is 5.57 Å². The molecule has 0 bridgehead atoms. The van der Waals surface area contributed by atoms with Gasteiger partial charge in [0.1, 0.15) is 5.82 Å². The number of fused-ring (bicyclic) bond motifs is 3. The molecule has 2 atom stereocenters. The number of nitrogens with zero attached hydrogens (tertiary/aromatic N) is 2. The summed E-state index contributed by atoms with van der Waals surface area (Å²) >= 11 is 0. The van der Waals surface area contributed by atoms with Crippen LogP contribution < -0.4 is 0 Å². The summed E-state index contributed by atoms with van der Waals surface area (Å²) in [5.74, 6) is 2.82. The molecule has 0 spiro atoms. The lowest BCUT2D eigenvalue weighted by atomic mass is 9.82. The molecule has 0 aliphatic heterocycles. The lowest BCUT2D eigenvalue weighted by Gasteiger charge is -2.25. The van der Waals surface area contributed by atoms with Crippen LogP contribution in [-0.2, 0) is 6.42 Å². The first-order valence-electron chi connectivity index (χ1n) is 13.3. The van der Waals surface area contributed by atoms with Gasteiger partial charge >= 0.3 is 0 Å². The number of allylic oxidation sites excluding steroid dienone is 4. The third kappa shape index (κ3) is 3.86. The molecule has 0 saturated heterocycles. The Balaban J connectivity index is 1.50. The second kappa shape index (κ2) is 9.09. The molecule has 0 saturated carbocycles. The molecule has 36 heavy (non-hydrogen) atoms. The number of aromatic nitrogens is 2. The van der Waals surface area contributed by atoms with Gasteiger partial charge in [0, 0.05) is 23.9 Å². The van der Waals surface area contributed by atoms with Gasteiger partial charge in [-0.25, -0.2) is 4.98 Å². The zero-order valence-electron chi connectivity index (χ0n) is 21.6. The van der Waals surface area contributed by atoms with E-state index in [2.05, 4.69) is 123 Å². The van der Waals surface area contributed by atoms with E-state index in [4.69, 9.17) is 4.98 Å². The van der Waals surface area contributed by atoms with E-state index in [0.29, 0.717) is 23.7 Å². The summed E-state index contributed by atoms with van der Waals surface area (Å²) in [4.78, 5) is 4.77. The minimum Gasteiger partial charge on any atom is -0.299 e. The van der Waals surface area contributed by atoms with Crippen molar-refractivity contribution in [2.24, 2.45) is 5.92 Å². The molecule has 0 fully saturated rings. The molecule has 2 unspecified atom stereocenters. The van der Waals surface area contributed by atoms with Crippen molar-refractivity contribution in [2.75, 3.05) is 0 Å². The Morgan fingerprint density at radius 1 is 0.833 bits per heavy atom. The molecule has 1 heterocycles. The summed E-state index contributed by atoms with van der Waals surface area (Å²) in [5.41, 5.74) is 10.8. The van der Waals surface area contributed by atoms with Crippen LogP contribution in [-0.4, -0.2) is 9.55 Å². The zero-order chi connectivity index (χ0) is 24.8. The quantitative estimate of drug-likeness (QED) is 0.285. The number of imidazole rings is 1. The summed E-state index contributed by atoms with van der Waals surface area (Å²) < 4.78 is 2.30. The molecular weight excluding hydrogens is 436 g/mol. The largest absolute Gasteiger partial charge is 0.299 e. The normalized spacial score (nSPS) is 18.4. The van der Waals surface area contributed by atoms with Gasteiger partial charge in [-0.05, 0) is 69.7 Å². The van der Waals surface area contributed by atoms with Crippen LogP contribution in [0.15, 0.2) is 97.4 Å². The Morgan fingerprint density at radius 3 is 2.25 bits per heavy atom. The van der Waals surface area contributed by atoms with Gasteiger partial charge in [0.15, 0.2) is 0 Å². The Bertz CT molecular complexity index is 1440. The molecule has 2 heteroatoms. The number of benzene rings is 3. The van der Waals surface area contributed by atoms with E-state index in [0.717, 1.165) is 17.8 Å². The minimum atomic E-state index is 0.386. The van der Waals surface area contributed by atoms with E-state index in [9.17, 15) is 0 Å². The maximum Gasteiger partial charge on any atom is 0.144 e. The van der Waals surface area contributed by atoms with Crippen molar-refractivity contribution in [3.63, 3.8) is 0 Å². The number of rotatable bonds is 5. The first-order valence-corrected chi connectivity index (χ1v) is 13.3. The van der Waals surface area contributed by atoms with Gasteiger partial charge in [-0.1, -0.05) is 101 Å². The predicted molar refractivity (Wildman–Crippen MR) is 151 cm³/mol. The first kappa shape index (κ1) is 22.8. The van der Waals surface area contributed by atoms with Crippen molar-refractivity contribution < 1.29 is 0 Å². The predicted octanol–water partition coefficient (Wildman–Crippen LogP) is 8.70. The molecular formula is C34H34N2. The van der Waals surface area contributed by atoms with Crippen LogP contribution in [0.2, 0.25) is 0 Å². The summed E-state index contributed by atoms with van der Waals surface area (Å²) in [5, 5.41) is 0. The van der Waals surface area contributed by atoms with E-state index >= 15 is 0 Å². The van der Waals surface area contributed by atoms with Crippen molar-refractivity contribution in [1.29, 1.82) is 0 Å². The molecule has 4 aromatic rings. The van der Waals surface area contributed by atoms with Crippen LogP contribution in [0.3, 0.4) is 0 Å². The van der Waals surface area contributed by atoms with E-state index in [-0.39, 0.29) is 0 Å². The van der Waals surface area contributed by atoms with E-state index in [1.54, 1.807) is 0 Å². The monoisotopic (exact) mass is 470 g/mol. The highest BCUT2D eigenvalue weighted by atomic mass is 15.1. The molecule has 2 nitrogen and oxygen atoms in total. The summed E-state index contributed by atoms with van der Waals surface area (Å²) in [6, 6.07) is 24.3. The van der Waals surface area contributed by atoms with Crippen LogP contribution in [0.1, 0.15) is 73.3 Å².